The first-order valence-corrected chi connectivity index (χ1v) is 10.7. The molecule has 1 N–H and O–H groups in total. The van der Waals surface area contributed by atoms with Gasteiger partial charge in [0, 0.05) is 25.1 Å². The zero-order valence-corrected chi connectivity index (χ0v) is 18.2. The molecule has 7 nitrogen and oxygen atoms in total. The van der Waals surface area contributed by atoms with E-state index >= 15 is 0 Å². The van der Waals surface area contributed by atoms with Crippen LogP contribution in [-0.2, 0) is 9.59 Å². The van der Waals surface area contributed by atoms with Gasteiger partial charge in [0.1, 0.15) is 5.75 Å². The van der Waals surface area contributed by atoms with Gasteiger partial charge in [-0.1, -0.05) is 25.1 Å². The van der Waals surface area contributed by atoms with Crippen LogP contribution in [0.25, 0.3) is 0 Å². The highest BCUT2D eigenvalue weighted by Crippen LogP contribution is 2.48. The lowest BCUT2D eigenvalue weighted by molar-refractivity contribution is -0.143. The number of rotatable bonds is 8. The molecular formula is C25H27NO6. The molecule has 0 spiro atoms. The maximum absolute atomic E-state index is 12.5. The van der Waals surface area contributed by atoms with E-state index in [0.29, 0.717) is 30.2 Å². The van der Waals surface area contributed by atoms with Crippen molar-refractivity contribution in [2.24, 2.45) is 5.92 Å². The second-order valence-corrected chi connectivity index (χ2v) is 8.03. The summed E-state index contributed by atoms with van der Waals surface area (Å²) in [7, 11) is 1.59. The van der Waals surface area contributed by atoms with Crippen LogP contribution in [-0.4, -0.2) is 42.2 Å². The van der Waals surface area contributed by atoms with Crippen LogP contribution in [0.5, 0.6) is 17.2 Å². The van der Waals surface area contributed by atoms with E-state index in [-0.39, 0.29) is 18.5 Å². The van der Waals surface area contributed by atoms with E-state index in [1.54, 1.807) is 19.4 Å². The third kappa shape index (κ3) is 4.28. The van der Waals surface area contributed by atoms with Crippen LogP contribution < -0.4 is 14.2 Å². The Hall–Kier alpha value is -3.48. The molecule has 2 aliphatic rings. The van der Waals surface area contributed by atoms with Gasteiger partial charge in [-0.3, -0.25) is 9.59 Å². The number of benzene rings is 2. The number of fused-ring (bicyclic) bond motifs is 1. The van der Waals surface area contributed by atoms with E-state index in [9.17, 15) is 14.7 Å². The second kappa shape index (κ2) is 9.34. The Labute approximate surface area is 187 Å². The number of aliphatic carboxylic acids is 1. The van der Waals surface area contributed by atoms with Gasteiger partial charge in [-0.25, -0.2) is 0 Å². The van der Waals surface area contributed by atoms with Crippen LogP contribution in [0.2, 0.25) is 0 Å². The first-order chi connectivity index (χ1) is 15.5. The molecule has 3 unspecified atom stereocenters. The summed E-state index contributed by atoms with van der Waals surface area (Å²) < 4.78 is 16.2. The maximum Gasteiger partial charge on any atom is 0.309 e. The number of likely N-dealkylation sites (tertiary alicyclic amines) is 1. The molecule has 7 heteroatoms. The van der Waals surface area contributed by atoms with Crippen molar-refractivity contribution in [1.29, 1.82) is 0 Å². The zero-order chi connectivity index (χ0) is 22.7. The van der Waals surface area contributed by atoms with Crippen molar-refractivity contribution in [2.45, 2.75) is 31.7 Å². The fraction of sp³-hybridized carbons (Fsp3) is 0.360. The first-order valence-electron chi connectivity index (χ1n) is 10.7. The highest BCUT2D eigenvalue weighted by molar-refractivity contribution is 5.89. The minimum absolute atomic E-state index is 0.0272. The van der Waals surface area contributed by atoms with Crippen LogP contribution >= 0.6 is 0 Å². The molecule has 32 heavy (non-hydrogen) atoms. The van der Waals surface area contributed by atoms with Crippen LogP contribution in [0.3, 0.4) is 0 Å². The van der Waals surface area contributed by atoms with Crippen molar-refractivity contribution >= 4 is 11.8 Å². The third-order valence-electron chi connectivity index (χ3n) is 6.05. The van der Waals surface area contributed by atoms with E-state index in [2.05, 4.69) is 0 Å². The molecule has 2 aromatic rings. The molecule has 0 radical (unpaired) electrons. The standard InChI is InChI=1S/C25H27NO6/c1-3-4-18(27)11-12-26-14-20(17-7-10-21-22(13-17)32-15-31-21)23(25(28)29)24(26)16-5-8-19(30-2)9-6-16/h5-13,20,23-24H,3-4,14-15H2,1-2H3,(H,28,29)/b12-11+. The Morgan fingerprint density at radius 2 is 1.84 bits per heavy atom. The summed E-state index contributed by atoms with van der Waals surface area (Å²) in [6, 6.07) is 12.6. The van der Waals surface area contributed by atoms with E-state index in [1.165, 1.54) is 0 Å². The molecular weight excluding hydrogens is 410 g/mol. The zero-order valence-electron chi connectivity index (χ0n) is 18.2. The number of carbonyl (C=O) groups excluding carboxylic acids is 1. The summed E-state index contributed by atoms with van der Waals surface area (Å²) in [5, 5.41) is 10.3. The van der Waals surface area contributed by atoms with Crippen molar-refractivity contribution in [2.75, 3.05) is 20.4 Å². The van der Waals surface area contributed by atoms with Crippen molar-refractivity contribution in [1.82, 2.24) is 4.90 Å². The van der Waals surface area contributed by atoms with Gasteiger partial charge < -0.3 is 24.2 Å². The molecule has 1 saturated heterocycles. The number of methoxy groups -OCH3 is 1. The van der Waals surface area contributed by atoms with Crippen molar-refractivity contribution in [3.63, 3.8) is 0 Å². The number of carbonyl (C=O) groups is 2. The number of carboxylic acids is 1. The van der Waals surface area contributed by atoms with Crippen LogP contribution in [0.15, 0.2) is 54.7 Å². The number of allylic oxidation sites excluding steroid dienone is 1. The van der Waals surface area contributed by atoms with E-state index in [0.717, 1.165) is 17.5 Å². The number of carboxylic acid groups (broad SMARTS) is 1. The van der Waals surface area contributed by atoms with Crippen molar-refractivity contribution in [3.8, 4) is 17.2 Å². The smallest absolute Gasteiger partial charge is 0.309 e. The predicted molar refractivity (Wildman–Crippen MR) is 118 cm³/mol. The van der Waals surface area contributed by atoms with Gasteiger partial charge in [-0.15, -0.1) is 0 Å². The summed E-state index contributed by atoms with van der Waals surface area (Å²) in [4.78, 5) is 26.6. The molecule has 2 aliphatic heterocycles. The molecule has 168 valence electrons. The van der Waals surface area contributed by atoms with Gasteiger partial charge in [-0.2, -0.15) is 0 Å². The Kier molecular flexibility index (Phi) is 6.35. The molecule has 0 aromatic heterocycles. The largest absolute Gasteiger partial charge is 0.497 e. The molecule has 1 fully saturated rings. The van der Waals surface area contributed by atoms with E-state index in [1.807, 2.05) is 54.3 Å². The topological polar surface area (TPSA) is 85.3 Å². The number of ketones is 1. The van der Waals surface area contributed by atoms with Gasteiger partial charge in [0.2, 0.25) is 6.79 Å². The predicted octanol–water partition coefficient (Wildman–Crippen LogP) is 4.15. The van der Waals surface area contributed by atoms with Gasteiger partial charge in [0.15, 0.2) is 17.3 Å². The normalized spacial score (nSPS) is 21.8. The van der Waals surface area contributed by atoms with Crippen LogP contribution in [0, 0.1) is 5.92 Å². The minimum atomic E-state index is -0.885. The molecule has 0 aliphatic carbocycles. The highest BCUT2D eigenvalue weighted by Gasteiger charge is 2.46. The van der Waals surface area contributed by atoms with Gasteiger partial charge >= 0.3 is 5.97 Å². The fourth-order valence-electron chi connectivity index (χ4n) is 4.51. The third-order valence-corrected chi connectivity index (χ3v) is 6.05. The van der Waals surface area contributed by atoms with Gasteiger partial charge in [0.25, 0.3) is 0 Å². The molecule has 2 heterocycles. The maximum atomic E-state index is 12.5. The fourth-order valence-corrected chi connectivity index (χ4v) is 4.51. The Morgan fingerprint density at radius 3 is 2.53 bits per heavy atom. The molecule has 0 saturated carbocycles. The summed E-state index contributed by atoms with van der Waals surface area (Å²) in [6.45, 7) is 2.58. The minimum Gasteiger partial charge on any atom is -0.497 e. The van der Waals surface area contributed by atoms with E-state index < -0.39 is 17.9 Å². The highest BCUT2D eigenvalue weighted by atomic mass is 16.7. The monoisotopic (exact) mass is 437 g/mol. The number of hydrogen-bond donors (Lipinski definition) is 1. The Morgan fingerprint density at radius 1 is 1.12 bits per heavy atom. The average Bonchev–Trinajstić information content (AvgIpc) is 3.42. The molecule has 4 rings (SSSR count). The van der Waals surface area contributed by atoms with Crippen LogP contribution in [0.4, 0.5) is 0 Å². The number of hydrogen-bond acceptors (Lipinski definition) is 6. The quantitative estimate of drug-likeness (QED) is 0.621. The van der Waals surface area contributed by atoms with Gasteiger partial charge in [-0.05, 0) is 47.9 Å². The average molecular weight is 437 g/mol. The van der Waals surface area contributed by atoms with Crippen molar-refractivity contribution in [3.05, 3.63) is 65.9 Å². The lowest BCUT2D eigenvalue weighted by Gasteiger charge is -2.26. The summed E-state index contributed by atoms with van der Waals surface area (Å²) in [6.07, 6.45) is 4.53. The molecule has 3 atom stereocenters. The lowest BCUT2D eigenvalue weighted by atomic mass is 9.83. The lowest BCUT2D eigenvalue weighted by Crippen LogP contribution is -2.26. The van der Waals surface area contributed by atoms with Crippen LogP contribution in [0.1, 0.15) is 42.9 Å². The first kappa shape index (κ1) is 21.7. The number of ether oxygens (including phenoxy) is 3. The SMILES string of the molecule is CCCC(=O)/C=C/N1CC(c2ccc3c(c2)OCO3)C(C(=O)O)C1c1ccc(OC)cc1. The van der Waals surface area contributed by atoms with E-state index in [4.69, 9.17) is 14.2 Å². The summed E-state index contributed by atoms with van der Waals surface area (Å²) >= 11 is 0. The molecule has 0 amide bonds. The summed E-state index contributed by atoms with van der Waals surface area (Å²) in [5.74, 6) is 0.122. The molecule has 0 bridgehead atoms. The summed E-state index contributed by atoms with van der Waals surface area (Å²) in [5.41, 5.74) is 1.73. The van der Waals surface area contributed by atoms with Crippen molar-refractivity contribution < 1.29 is 28.9 Å². The second-order valence-electron chi connectivity index (χ2n) is 8.03. The Bertz CT molecular complexity index is 1020. The van der Waals surface area contributed by atoms with Gasteiger partial charge in [0.05, 0.1) is 19.1 Å². The molecule has 2 aromatic carbocycles. The Balaban J connectivity index is 1.73. The number of nitrogens with zero attached hydrogens (tertiary/aromatic N) is 1.